The molecule has 0 radical (unpaired) electrons. The predicted molar refractivity (Wildman–Crippen MR) is 81.7 cm³/mol. The van der Waals surface area contributed by atoms with Gasteiger partial charge in [0.25, 0.3) is 0 Å². The normalized spacial score (nSPS) is 23.5. The van der Waals surface area contributed by atoms with E-state index < -0.39 is 0 Å². The number of morpholine rings is 1. The molecule has 0 aromatic carbocycles. The second kappa shape index (κ2) is 5.92. The van der Waals surface area contributed by atoms with Crippen LogP contribution in [0.4, 0.5) is 0 Å². The maximum absolute atomic E-state index is 5.93. The number of hydrogen-bond acceptors (Lipinski definition) is 4. The molecule has 0 aliphatic carbocycles. The number of rotatable bonds is 3. The van der Waals surface area contributed by atoms with E-state index in [1.807, 2.05) is 18.3 Å². The van der Waals surface area contributed by atoms with Gasteiger partial charge in [0.15, 0.2) is 0 Å². The molecule has 19 heavy (non-hydrogen) atoms. The Balaban J connectivity index is 1.95. The Hall–Kier alpha value is -0.420. The number of nitrogens with zero attached hydrogens (tertiary/aromatic N) is 1. The van der Waals surface area contributed by atoms with Crippen LogP contribution in [0.3, 0.4) is 0 Å². The van der Waals surface area contributed by atoms with Crippen LogP contribution in [-0.2, 0) is 16.7 Å². The van der Waals surface area contributed by atoms with Gasteiger partial charge in [0.05, 0.1) is 12.7 Å². The van der Waals surface area contributed by atoms with Crippen LogP contribution in [0.5, 0.6) is 0 Å². The predicted octanol–water partition coefficient (Wildman–Crippen LogP) is 2.59. The van der Waals surface area contributed by atoms with Gasteiger partial charge < -0.3 is 10.5 Å². The van der Waals surface area contributed by atoms with Crippen molar-refractivity contribution < 1.29 is 4.74 Å². The first-order valence-electron chi connectivity index (χ1n) is 7.05. The van der Waals surface area contributed by atoms with E-state index in [1.165, 1.54) is 9.75 Å². The highest BCUT2D eigenvalue weighted by Crippen LogP contribution is 2.30. The molecule has 1 aliphatic rings. The van der Waals surface area contributed by atoms with E-state index in [2.05, 4.69) is 37.8 Å². The molecule has 4 heteroatoms. The molecule has 1 aromatic rings. The van der Waals surface area contributed by atoms with Crippen LogP contribution in [0.2, 0.25) is 0 Å². The first-order valence-corrected chi connectivity index (χ1v) is 7.86. The lowest BCUT2D eigenvalue weighted by molar-refractivity contribution is -0.0400. The minimum Gasteiger partial charge on any atom is -0.374 e. The standard InChI is InChI=1S/C15H26N2OS/c1-11(16)13-10-17(7-8-18-13)9-12-5-6-14(19-12)15(2,3)4/h5-6,11,13H,7-10,16H2,1-4H3. The van der Waals surface area contributed by atoms with Crippen molar-refractivity contribution in [2.24, 2.45) is 5.73 Å². The molecule has 0 saturated carbocycles. The van der Waals surface area contributed by atoms with Crippen LogP contribution in [0, 0.1) is 0 Å². The fourth-order valence-electron chi connectivity index (χ4n) is 2.28. The third kappa shape index (κ3) is 4.02. The van der Waals surface area contributed by atoms with Gasteiger partial charge in [-0.25, -0.2) is 0 Å². The fraction of sp³-hybridized carbons (Fsp3) is 0.733. The topological polar surface area (TPSA) is 38.5 Å². The van der Waals surface area contributed by atoms with E-state index >= 15 is 0 Å². The lowest BCUT2D eigenvalue weighted by Crippen LogP contribution is -2.49. The van der Waals surface area contributed by atoms with Gasteiger partial charge in [0.2, 0.25) is 0 Å². The van der Waals surface area contributed by atoms with Crippen LogP contribution in [0.25, 0.3) is 0 Å². The summed E-state index contributed by atoms with van der Waals surface area (Å²) in [4.78, 5) is 5.35. The van der Waals surface area contributed by atoms with Crippen LogP contribution >= 0.6 is 11.3 Å². The van der Waals surface area contributed by atoms with Crippen LogP contribution in [0.1, 0.15) is 37.4 Å². The molecule has 1 fully saturated rings. The summed E-state index contributed by atoms with van der Waals surface area (Å²) >= 11 is 1.93. The lowest BCUT2D eigenvalue weighted by Gasteiger charge is -2.34. The highest BCUT2D eigenvalue weighted by Gasteiger charge is 2.24. The molecule has 1 saturated heterocycles. The maximum Gasteiger partial charge on any atom is 0.0850 e. The minimum absolute atomic E-state index is 0.108. The van der Waals surface area contributed by atoms with E-state index in [0.29, 0.717) is 0 Å². The molecule has 2 unspecified atom stereocenters. The van der Waals surface area contributed by atoms with Gasteiger partial charge >= 0.3 is 0 Å². The molecular formula is C15H26N2OS. The summed E-state index contributed by atoms with van der Waals surface area (Å²) in [6.07, 6.45) is 0.177. The van der Waals surface area contributed by atoms with E-state index in [1.54, 1.807) is 0 Å². The van der Waals surface area contributed by atoms with Gasteiger partial charge in [-0.3, -0.25) is 4.90 Å². The van der Waals surface area contributed by atoms with Crippen molar-refractivity contribution in [1.29, 1.82) is 0 Å². The number of thiophene rings is 1. The molecule has 3 nitrogen and oxygen atoms in total. The Labute approximate surface area is 120 Å². The SMILES string of the molecule is CC(N)C1CN(Cc2ccc(C(C)(C)C)s2)CCO1. The van der Waals surface area contributed by atoms with Crippen molar-refractivity contribution in [3.63, 3.8) is 0 Å². The van der Waals surface area contributed by atoms with Crippen molar-refractivity contribution in [3.8, 4) is 0 Å². The van der Waals surface area contributed by atoms with Gasteiger partial charge in [-0.1, -0.05) is 20.8 Å². The minimum atomic E-state index is 0.108. The number of hydrogen-bond donors (Lipinski definition) is 1. The molecule has 1 aromatic heterocycles. The molecule has 0 amide bonds. The molecule has 0 bridgehead atoms. The van der Waals surface area contributed by atoms with Crippen molar-refractivity contribution in [2.45, 2.75) is 51.8 Å². The van der Waals surface area contributed by atoms with Gasteiger partial charge in [0.1, 0.15) is 0 Å². The molecular weight excluding hydrogens is 256 g/mol. The first-order chi connectivity index (χ1) is 8.86. The third-order valence-corrected chi connectivity index (χ3v) is 5.04. The summed E-state index contributed by atoms with van der Waals surface area (Å²) in [5.41, 5.74) is 6.19. The van der Waals surface area contributed by atoms with Crippen LogP contribution in [-0.4, -0.2) is 36.7 Å². The zero-order valence-electron chi connectivity index (χ0n) is 12.5. The van der Waals surface area contributed by atoms with E-state index in [4.69, 9.17) is 10.5 Å². The van der Waals surface area contributed by atoms with E-state index in [-0.39, 0.29) is 17.6 Å². The van der Waals surface area contributed by atoms with Gasteiger partial charge in [0, 0.05) is 35.4 Å². The molecule has 2 heterocycles. The molecule has 0 spiro atoms. The van der Waals surface area contributed by atoms with E-state index in [0.717, 1.165) is 26.2 Å². The molecule has 1 aliphatic heterocycles. The average molecular weight is 282 g/mol. The highest BCUT2D eigenvalue weighted by molar-refractivity contribution is 7.12. The van der Waals surface area contributed by atoms with Crippen molar-refractivity contribution in [1.82, 2.24) is 4.90 Å². The second-order valence-electron chi connectivity index (χ2n) is 6.52. The third-order valence-electron chi connectivity index (χ3n) is 3.54. The Bertz CT molecular complexity index is 409. The lowest BCUT2D eigenvalue weighted by atomic mass is 9.95. The van der Waals surface area contributed by atoms with Crippen molar-refractivity contribution >= 4 is 11.3 Å². The summed E-state index contributed by atoms with van der Waals surface area (Å²) in [6.45, 7) is 12.6. The van der Waals surface area contributed by atoms with Gasteiger partial charge in [-0.15, -0.1) is 11.3 Å². The largest absolute Gasteiger partial charge is 0.374 e. The second-order valence-corrected chi connectivity index (χ2v) is 7.69. The molecule has 2 atom stereocenters. The Morgan fingerprint density at radius 3 is 2.79 bits per heavy atom. The molecule has 2 rings (SSSR count). The van der Waals surface area contributed by atoms with Gasteiger partial charge in [-0.2, -0.15) is 0 Å². The smallest absolute Gasteiger partial charge is 0.0850 e. The Morgan fingerprint density at radius 2 is 2.21 bits per heavy atom. The summed E-state index contributed by atoms with van der Waals surface area (Å²) in [5.74, 6) is 0. The highest BCUT2D eigenvalue weighted by atomic mass is 32.1. The summed E-state index contributed by atoms with van der Waals surface area (Å²) in [6, 6.07) is 4.64. The monoisotopic (exact) mass is 282 g/mol. The Morgan fingerprint density at radius 1 is 1.47 bits per heavy atom. The quantitative estimate of drug-likeness (QED) is 0.926. The number of nitrogens with two attached hydrogens (primary N) is 1. The fourth-order valence-corrected chi connectivity index (χ4v) is 3.39. The zero-order valence-corrected chi connectivity index (χ0v) is 13.3. The molecule has 2 N–H and O–H groups in total. The van der Waals surface area contributed by atoms with Crippen molar-refractivity contribution in [3.05, 3.63) is 21.9 Å². The summed E-state index contributed by atoms with van der Waals surface area (Å²) in [7, 11) is 0. The zero-order chi connectivity index (χ0) is 14.0. The first kappa shape index (κ1) is 15.0. The van der Waals surface area contributed by atoms with Crippen LogP contribution < -0.4 is 5.73 Å². The van der Waals surface area contributed by atoms with E-state index in [9.17, 15) is 0 Å². The molecule has 108 valence electrons. The summed E-state index contributed by atoms with van der Waals surface area (Å²) < 4.78 is 5.70. The average Bonchev–Trinajstić information content (AvgIpc) is 2.77. The maximum atomic E-state index is 5.93. The Kier molecular flexibility index (Phi) is 4.66. The van der Waals surface area contributed by atoms with Crippen LogP contribution in [0.15, 0.2) is 12.1 Å². The van der Waals surface area contributed by atoms with Crippen molar-refractivity contribution in [2.75, 3.05) is 19.7 Å². The van der Waals surface area contributed by atoms with Gasteiger partial charge in [-0.05, 0) is 24.5 Å². The summed E-state index contributed by atoms with van der Waals surface area (Å²) in [5, 5.41) is 0. The number of ether oxygens (including phenoxy) is 1.